The van der Waals surface area contributed by atoms with Crippen LogP contribution in [0.3, 0.4) is 0 Å². The van der Waals surface area contributed by atoms with Gasteiger partial charge in [-0.3, -0.25) is 4.90 Å². The molecule has 0 spiro atoms. The first-order chi connectivity index (χ1) is 9.63. The molecular weight excluding hydrogens is 254 g/mol. The molecule has 1 aromatic rings. The zero-order valence-electron chi connectivity index (χ0n) is 12.1. The first kappa shape index (κ1) is 13.7. The van der Waals surface area contributed by atoms with E-state index < -0.39 is 5.97 Å². The lowest BCUT2D eigenvalue weighted by Gasteiger charge is -2.41. The maximum Gasteiger partial charge on any atom is 0.372 e. The van der Waals surface area contributed by atoms with E-state index in [0.29, 0.717) is 0 Å². The van der Waals surface area contributed by atoms with E-state index in [0.717, 1.165) is 42.8 Å². The molecule has 2 atom stereocenters. The molecule has 2 heterocycles. The minimum Gasteiger partial charge on any atom is -0.475 e. The number of furan rings is 1. The summed E-state index contributed by atoms with van der Waals surface area (Å²) >= 11 is 0. The molecule has 1 aromatic heterocycles. The van der Waals surface area contributed by atoms with Crippen LogP contribution in [-0.4, -0.2) is 29.1 Å². The van der Waals surface area contributed by atoms with Crippen molar-refractivity contribution >= 4 is 5.97 Å². The molecule has 4 nitrogen and oxygen atoms in total. The van der Waals surface area contributed by atoms with Crippen LogP contribution < -0.4 is 0 Å². The Balaban J connectivity index is 1.63. The standard InChI is InChI=1S/C16H23NO3/c1-11-8-14(20-15(11)16(18)19)10-17-7-6-12-4-2-3-5-13(12)9-17/h8,12-13H,2-7,9-10H2,1H3,(H,18,19). The monoisotopic (exact) mass is 277 g/mol. The third-order valence-electron chi connectivity index (χ3n) is 4.92. The first-order valence-electron chi connectivity index (χ1n) is 7.68. The van der Waals surface area contributed by atoms with Gasteiger partial charge in [-0.1, -0.05) is 19.3 Å². The highest BCUT2D eigenvalue weighted by molar-refractivity contribution is 5.86. The number of carbonyl (C=O) groups is 1. The van der Waals surface area contributed by atoms with Gasteiger partial charge in [-0.25, -0.2) is 4.79 Å². The SMILES string of the molecule is Cc1cc(CN2CCC3CCCCC3C2)oc1C(=O)O. The van der Waals surface area contributed by atoms with E-state index in [1.165, 1.54) is 32.1 Å². The fraction of sp³-hybridized carbons (Fsp3) is 0.688. The number of nitrogens with zero attached hydrogens (tertiary/aromatic N) is 1. The molecule has 4 heteroatoms. The van der Waals surface area contributed by atoms with Crippen molar-refractivity contribution in [3.8, 4) is 0 Å². The van der Waals surface area contributed by atoms with Gasteiger partial charge < -0.3 is 9.52 Å². The van der Waals surface area contributed by atoms with E-state index in [1.807, 2.05) is 6.07 Å². The highest BCUT2D eigenvalue weighted by Crippen LogP contribution is 2.36. The molecule has 0 radical (unpaired) electrons. The maximum absolute atomic E-state index is 11.0. The van der Waals surface area contributed by atoms with Crippen LogP contribution in [0.2, 0.25) is 0 Å². The van der Waals surface area contributed by atoms with E-state index in [1.54, 1.807) is 6.92 Å². The summed E-state index contributed by atoms with van der Waals surface area (Å²) in [5.74, 6) is 1.67. The highest BCUT2D eigenvalue weighted by atomic mass is 16.4. The number of hydrogen-bond donors (Lipinski definition) is 1. The quantitative estimate of drug-likeness (QED) is 0.921. The predicted molar refractivity (Wildman–Crippen MR) is 75.7 cm³/mol. The zero-order valence-corrected chi connectivity index (χ0v) is 12.1. The third kappa shape index (κ3) is 2.75. The molecule has 3 rings (SSSR count). The van der Waals surface area contributed by atoms with Crippen molar-refractivity contribution in [2.45, 2.75) is 45.6 Å². The molecule has 1 saturated carbocycles. The van der Waals surface area contributed by atoms with Gasteiger partial charge in [0, 0.05) is 12.1 Å². The van der Waals surface area contributed by atoms with Crippen molar-refractivity contribution in [1.82, 2.24) is 4.90 Å². The number of carboxylic acids is 1. The molecule has 0 aromatic carbocycles. The van der Waals surface area contributed by atoms with Crippen LogP contribution in [0, 0.1) is 18.8 Å². The van der Waals surface area contributed by atoms with Gasteiger partial charge in [0.15, 0.2) is 0 Å². The van der Waals surface area contributed by atoms with Gasteiger partial charge >= 0.3 is 5.97 Å². The summed E-state index contributed by atoms with van der Waals surface area (Å²) in [6.45, 7) is 4.80. The lowest BCUT2D eigenvalue weighted by atomic mass is 9.75. The van der Waals surface area contributed by atoms with Crippen molar-refractivity contribution in [3.05, 3.63) is 23.2 Å². The Bertz CT molecular complexity index is 494. The molecule has 1 aliphatic heterocycles. The van der Waals surface area contributed by atoms with Crippen LogP contribution in [-0.2, 0) is 6.54 Å². The number of fused-ring (bicyclic) bond motifs is 1. The van der Waals surface area contributed by atoms with Gasteiger partial charge in [0.1, 0.15) is 5.76 Å². The minimum atomic E-state index is -0.972. The van der Waals surface area contributed by atoms with Crippen LogP contribution in [0.4, 0.5) is 0 Å². The summed E-state index contributed by atoms with van der Waals surface area (Å²) in [7, 11) is 0. The van der Waals surface area contributed by atoms with Crippen molar-refractivity contribution in [2.75, 3.05) is 13.1 Å². The number of hydrogen-bond acceptors (Lipinski definition) is 3. The number of carboxylic acid groups (broad SMARTS) is 1. The molecule has 2 fully saturated rings. The van der Waals surface area contributed by atoms with E-state index in [4.69, 9.17) is 9.52 Å². The number of rotatable bonds is 3. The first-order valence-corrected chi connectivity index (χ1v) is 7.68. The largest absolute Gasteiger partial charge is 0.475 e. The molecule has 2 unspecified atom stereocenters. The average molecular weight is 277 g/mol. The van der Waals surface area contributed by atoms with E-state index in [2.05, 4.69) is 4.90 Å². The molecule has 0 amide bonds. The summed E-state index contributed by atoms with van der Waals surface area (Å²) in [5.41, 5.74) is 0.722. The average Bonchev–Trinajstić information content (AvgIpc) is 2.79. The van der Waals surface area contributed by atoms with Gasteiger partial charge in [0.05, 0.1) is 6.54 Å². The summed E-state index contributed by atoms with van der Waals surface area (Å²) in [6, 6.07) is 1.87. The normalized spacial score (nSPS) is 27.2. The van der Waals surface area contributed by atoms with Crippen LogP contribution in [0.15, 0.2) is 10.5 Å². The Hall–Kier alpha value is -1.29. The second kappa shape index (κ2) is 5.60. The Morgan fingerprint density at radius 3 is 2.80 bits per heavy atom. The Labute approximate surface area is 119 Å². The maximum atomic E-state index is 11.0. The molecule has 20 heavy (non-hydrogen) atoms. The van der Waals surface area contributed by atoms with Crippen molar-refractivity contribution < 1.29 is 14.3 Å². The Morgan fingerprint density at radius 2 is 2.10 bits per heavy atom. The van der Waals surface area contributed by atoms with Crippen LogP contribution in [0.25, 0.3) is 0 Å². The second-order valence-electron chi connectivity index (χ2n) is 6.36. The number of aromatic carboxylic acids is 1. The summed E-state index contributed by atoms with van der Waals surface area (Å²) in [6.07, 6.45) is 6.83. The highest BCUT2D eigenvalue weighted by Gasteiger charge is 2.31. The topological polar surface area (TPSA) is 53.7 Å². The molecule has 110 valence electrons. The second-order valence-corrected chi connectivity index (χ2v) is 6.36. The van der Waals surface area contributed by atoms with Crippen LogP contribution in [0.5, 0.6) is 0 Å². The lowest BCUT2D eigenvalue weighted by molar-refractivity contribution is 0.0642. The lowest BCUT2D eigenvalue weighted by Crippen LogP contribution is -2.41. The number of piperidine rings is 1. The van der Waals surface area contributed by atoms with Gasteiger partial charge in [0.25, 0.3) is 0 Å². The Morgan fingerprint density at radius 1 is 1.35 bits per heavy atom. The van der Waals surface area contributed by atoms with Crippen molar-refractivity contribution in [2.24, 2.45) is 11.8 Å². The molecule has 2 aliphatic rings. The van der Waals surface area contributed by atoms with Gasteiger partial charge in [0.2, 0.25) is 5.76 Å². The fourth-order valence-electron chi connectivity index (χ4n) is 3.88. The van der Waals surface area contributed by atoms with E-state index >= 15 is 0 Å². The van der Waals surface area contributed by atoms with Crippen LogP contribution >= 0.6 is 0 Å². The van der Waals surface area contributed by atoms with Crippen molar-refractivity contribution in [3.63, 3.8) is 0 Å². The van der Waals surface area contributed by atoms with Gasteiger partial charge in [-0.05, 0) is 44.2 Å². The Kier molecular flexibility index (Phi) is 3.83. The summed E-state index contributed by atoms with van der Waals surface area (Å²) < 4.78 is 5.47. The summed E-state index contributed by atoms with van der Waals surface area (Å²) in [5, 5.41) is 9.03. The number of aryl methyl sites for hydroxylation is 1. The fourth-order valence-corrected chi connectivity index (χ4v) is 3.88. The molecule has 1 N–H and O–H groups in total. The zero-order chi connectivity index (χ0) is 14.1. The molecule has 0 bridgehead atoms. The van der Waals surface area contributed by atoms with E-state index in [-0.39, 0.29) is 5.76 Å². The summed E-state index contributed by atoms with van der Waals surface area (Å²) in [4.78, 5) is 13.4. The molecular formula is C16H23NO3. The minimum absolute atomic E-state index is 0.0903. The van der Waals surface area contributed by atoms with Gasteiger partial charge in [-0.15, -0.1) is 0 Å². The van der Waals surface area contributed by atoms with E-state index in [9.17, 15) is 4.79 Å². The predicted octanol–water partition coefficient (Wildman–Crippen LogP) is 3.30. The third-order valence-corrected chi connectivity index (χ3v) is 4.92. The molecule has 1 saturated heterocycles. The number of likely N-dealkylation sites (tertiary alicyclic amines) is 1. The molecule has 1 aliphatic carbocycles. The van der Waals surface area contributed by atoms with Crippen LogP contribution in [0.1, 0.15) is 54.0 Å². The van der Waals surface area contributed by atoms with Gasteiger partial charge in [-0.2, -0.15) is 0 Å². The van der Waals surface area contributed by atoms with Crippen molar-refractivity contribution in [1.29, 1.82) is 0 Å². The smallest absolute Gasteiger partial charge is 0.372 e.